The predicted molar refractivity (Wildman–Crippen MR) is 64.1 cm³/mol. The van der Waals surface area contributed by atoms with Gasteiger partial charge >= 0.3 is 0 Å². The number of hydrogen-bond donors (Lipinski definition) is 2. The van der Waals surface area contributed by atoms with Crippen molar-refractivity contribution in [2.75, 3.05) is 19.7 Å². The minimum Gasteiger partial charge on any atom is -0.376 e. The molecule has 1 amide bonds. The van der Waals surface area contributed by atoms with Crippen LogP contribution in [0.4, 0.5) is 0 Å². The number of hydrogen-bond acceptors (Lipinski definition) is 3. The van der Waals surface area contributed by atoms with Crippen LogP contribution in [0.15, 0.2) is 0 Å². The third kappa shape index (κ3) is 5.47. The van der Waals surface area contributed by atoms with E-state index < -0.39 is 0 Å². The third-order valence-corrected chi connectivity index (χ3v) is 3.07. The summed E-state index contributed by atoms with van der Waals surface area (Å²) < 4.78 is 5.54. The molecule has 0 saturated carbocycles. The second-order valence-electron chi connectivity index (χ2n) is 4.67. The summed E-state index contributed by atoms with van der Waals surface area (Å²) >= 11 is 0. The zero-order valence-corrected chi connectivity index (χ0v) is 10.2. The van der Waals surface area contributed by atoms with Crippen molar-refractivity contribution in [1.82, 2.24) is 5.32 Å². The molecule has 0 spiro atoms. The molecule has 0 radical (unpaired) electrons. The molecule has 0 aromatic heterocycles. The van der Waals surface area contributed by atoms with Crippen LogP contribution >= 0.6 is 0 Å². The molecule has 1 heterocycles. The quantitative estimate of drug-likeness (QED) is 0.714. The average molecular weight is 228 g/mol. The molecule has 0 bridgehead atoms. The SMILES string of the molecule is CC(CN)CCC(=O)NCC1CCCCO1. The van der Waals surface area contributed by atoms with Crippen molar-refractivity contribution >= 4 is 5.91 Å². The smallest absolute Gasteiger partial charge is 0.220 e. The summed E-state index contributed by atoms with van der Waals surface area (Å²) in [6.45, 7) is 4.22. The Morgan fingerprint density at radius 1 is 1.56 bits per heavy atom. The Balaban J connectivity index is 2.05. The van der Waals surface area contributed by atoms with Crippen LogP contribution in [0.25, 0.3) is 0 Å². The van der Waals surface area contributed by atoms with Crippen LogP contribution < -0.4 is 11.1 Å². The lowest BCUT2D eigenvalue weighted by Crippen LogP contribution is -2.35. The molecule has 2 unspecified atom stereocenters. The lowest BCUT2D eigenvalue weighted by molar-refractivity contribution is -0.122. The van der Waals surface area contributed by atoms with Crippen LogP contribution in [-0.4, -0.2) is 31.7 Å². The van der Waals surface area contributed by atoms with E-state index in [0.717, 1.165) is 25.9 Å². The molecule has 4 heteroatoms. The third-order valence-electron chi connectivity index (χ3n) is 3.07. The van der Waals surface area contributed by atoms with E-state index in [1.165, 1.54) is 6.42 Å². The Kier molecular flexibility index (Phi) is 6.42. The maximum atomic E-state index is 11.5. The summed E-state index contributed by atoms with van der Waals surface area (Å²) in [5.74, 6) is 0.547. The molecular formula is C12H24N2O2. The van der Waals surface area contributed by atoms with Gasteiger partial charge < -0.3 is 15.8 Å². The average Bonchev–Trinajstić information content (AvgIpc) is 2.34. The number of ether oxygens (including phenoxy) is 1. The van der Waals surface area contributed by atoms with Crippen LogP contribution in [0, 0.1) is 5.92 Å². The number of nitrogens with one attached hydrogen (secondary N) is 1. The summed E-state index contributed by atoms with van der Waals surface area (Å²) in [5, 5.41) is 2.93. The minimum absolute atomic E-state index is 0.120. The van der Waals surface area contributed by atoms with Crippen LogP contribution in [-0.2, 0) is 9.53 Å². The van der Waals surface area contributed by atoms with Crippen molar-refractivity contribution in [3.05, 3.63) is 0 Å². The number of carbonyl (C=O) groups is 1. The summed E-state index contributed by atoms with van der Waals surface area (Å²) in [7, 11) is 0. The van der Waals surface area contributed by atoms with Gasteiger partial charge in [0.05, 0.1) is 6.10 Å². The summed E-state index contributed by atoms with van der Waals surface area (Å²) in [4.78, 5) is 11.5. The number of amides is 1. The van der Waals surface area contributed by atoms with Gasteiger partial charge in [-0.25, -0.2) is 0 Å². The molecule has 2 atom stereocenters. The van der Waals surface area contributed by atoms with Gasteiger partial charge in [0, 0.05) is 19.6 Å². The Morgan fingerprint density at radius 3 is 3.00 bits per heavy atom. The molecule has 0 aromatic rings. The van der Waals surface area contributed by atoms with Crippen molar-refractivity contribution in [2.24, 2.45) is 11.7 Å². The van der Waals surface area contributed by atoms with Crippen LogP contribution in [0.5, 0.6) is 0 Å². The van der Waals surface area contributed by atoms with Crippen LogP contribution in [0.1, 0.15) is 39.0 Å². The molecule has 0 aromatic carbocycles. The van der Waals surface area contributed by atoms with Crippen molar-refractivity contribution in [3.63, 3.8) is 0 Å². The van der Waals surface area contributed by atoms with E-state index in [-0.39, 0.29) is 12.0 Å². The summed E-state index contributed by atoms with van der Waals surface area (Å²) in [6.07, 6.45) is 5.10. The lowest BCUT2D eigenvalue weighted by Gasteiger charge is -2.22. The van der Waals surface area contributed by atoms with Gasteiger partial charge in [0.25, 0.3) is 0 Å². The topological polar surface area (TPSA) is 64.4 Å². The maximum Gasteiger partial charge on any atom is 0.220 e. The van der Waals surface area contributed by atoms with Gasteiger partial charge in [-0.2, -0.15) is 0 Å². The number of carbonyl (C=O) groups excluding carboxylic acids is 1. The zero-order chi connectivity index (χ0) is 11.8. The van der Waals surface area contributed by atoms with E-state index in [0.29, 0.717) is 25.4 Å². The highest BCUT2D eigenvalue weighted by Gasteiger charge is 2.14. The maximum absolute atomic E-state index is 11.5. The normalized spacial score (nSPS) is 22.8. The molecule has 16 heavy (non-hydrogen) atoms. The highest BCUT2D eigenvalue weighted by Crippen LogP contribution is 2.11. The van der Waals surface area contributed by atoms with Gasteiger partial charge in [0.1, 0.15) is 0 Å². The Bertz CT molecular complexity index is 203. The van der Waals surface area contributed by atoms with Gasteiger partial charge in [-0.3, -0.25) is 4.79 Å². The first-order valence-corrected chi connectivity index (χ1v) is 6.30. The van der Waals surface area contributed by atoms with Crippen LogP contribution in [0.3, 0.4) is 0 Å². The molecule has 0 aliphatic carbocycles. The molecular weight excluding hydrogens is 204 g/mol. The molecule has 1 aliphatic heterocycles. The van der Waals surface area contributed by atoms with Crippen molar-refractivity contribution < 1.29 is 9.53 Å². The molecule has 3 N–H and O–H groups in total. The number of rotatable bonds is 6. The molecule has 1 saturated heterocycles. The summed E-state index contributed by atoms with van der Waals surface area (Å²) in [6, 6.07) is 0. The fourth-order valence-corrected chi connectivity index (χ4v) is 1.78. The first-order valence-electron chi connectivity index (χ1n) is 6.30. The van der Waals surface area contributed by atoms with Crippen molar-refractivity contribution in [1.29, 1.82) is 0 Å². The minimum atomic E-state index is 0.120. The second-order valence-corrected chi connectivity index (χ2v) is 4.67. The first-order chi connectivity index (χ1) is 7.72. The predicted octanol–water partition coefficient (Wildman–Crippen LogP) is 1.05. The van der Waals surface area contributed by atoms with Gasteiger partial charge in [-0.1, -0.05) is 6.92 Å². The van der Waals surface area contributed by atoms with Crippen molar-refractivity contribution in [2.45, 2.75) is 45.1 Å². The molecule has 1 aliphatic rings. The Hall–Kier alpha value is -0.610. The number of nitrogens with two attached hydrogens (primary N) is 1. The fourth-order valence-electron chi connectivity index (χ4n) is 1.78. The fraction of sp³-hybridized carbons (Fsp3) is 0.917. The van der Waals surface area contributed by atoms with Crippen molar-refractivity contribution in [3.8, 4) is 0 Å². The van der Waals surface area contributed by atoms with E-state index in [1.54, 1.807) is 0 Å². The van der Waals surface area contributed by atoms with E-state index in [9.17, 15) is 4.79 Å². The van der Waals surface area contributed by atoms with Gasteiger partial charge in [-0.05, 0) is 38.1 Å². The molecule has 4 nitrogen and oxygen atoms in total. The van der Waals surface area contributed by atoms with Gasteiger partial charge in [0.15, 0.2) is 0 Å². The first kappa shape index (κ1) is 13.5. The molecule has 1 fully saturated rings. The van der Waals surface area contributed by atoms with E-state index in [4.69, 9.17) is 10.5 Å². The Labute approximate surface area is 97.9 Å². The lowest BCUT2D eigenvalue weighted by atomic mass is 10.1. The molecule has 1 rings (SSSR count). The second kappa shape index (κ2) is 7.63. The highest BCUT2D eigenvalue weighted by molar-refractivity contribution is 5.75. The van der Waals surface area contributed by atoms with E-state index >= 15 is 0 Å². The van der Waals surface area contributed by atoms with Crippen LogP contribution in [0.2, 0.25) is 0 Å². The van der Waals surface area contributed by atoms with Gasteiger partial charge in [-0.15, -0.1) is 0 Å². The summed E-state index contributed by atoms with van der Waals surface area (Å²) in [5.41, 5.74) is 5.50. The van der Waals surface area contributed by atoms with E-state index in [1.807, 2.05) is 0 Å². The standard InChI is InChI=1S/C12H24N2O2/c1-10(8-13)5-6-12(15)14-9-11-4-2-3-7-16-11/h10-11H,2-9,13H2,1H3,(H,14,15). The molecule has 94 valence electrons. The largest absolute Gasteiger partial charge is 0.376 e. The van der Waals surface area contributed by atoms with E-state index in [2.05, 4.69) is 12.2 Å². The zero-order valence-electron chi connectivity index (χ0n) is 10.2. The van der Waals surface area contributed by atoms with Gasteiger partial charge in [0.2, 0.25) is 5.91 Å². The highest BCUT2D eigenvalue weighted by atomic mass is 16.5. The monoisotopic (exact) mass is 228 g/mol. The Morgan fingerprint density at radius 2 is 2.38 bits per heavy atom.